The molecule has 3 rings (SSSR count). The van der Waals surface area contributed by atoms with Crippen LogP contribution in [0.25, 0.3) is 0 Å². The minimum atomic E-state index is -1.46. The van der Waals surface area contributed by atoms with E-state index in [0.717, 1.165) is 16.4 Å². The van der Waals surface area contributed by atoms with Crippen molar-refractivity contribution in [1.29, 1.82) is 0 Å². The van der Waals surface area contributed by atoms with Crippen molar-refractivity contribution in [2.24, 2.45) is 0 Å². The molecule has 0 fully saturated rings. The maximum atomic E-state index is 13.3. The van der Waals surface area contributed by atoms with Crippen LogP contribution in [0.5, 0.6) is 0 Å². The highest BCUT2D eigenvalue weighted by Gasteiger charge is 2.24. The van der Waals surface area contributed by atoms with Crippen LogP contribution in [0.4, 0.5) is 13.2 Å². The van der Waals surface area contributed by atoms with E-state index in [0.29, 0.717) is 0 Å². The average Bonchev–Trinajstić information content (AvgIpc) is 2.56. The topological polar surface area (TPSA) is 0 Å². The molecular formula is C19H15BF3-. The molecule has 116 valence electrons. The summed E-state index contributed by atoms with van der Waals surface area (Å²) in [4.78, 5) is 0. The smallest absolute Gasteiger partial charge is 0.122 e. The Kier molecular flexibility index (Phi) is 3.99. The first kappa shape index (κ1) is 15.4. The summed E-state index contributed by atoms with van der Waals surface area (Å²) in [5.41, 5.74) is 2.72. The molecule has 0 spiro atoms. The van der Waals surface area contributed by atoms with Gasteiger partial charge in [-0.3, -0.25) is 0 Å². The molecule has 0 saturated carbocycles. The zero-order valence-electron chi connectivity index (χ0n) is 12.6. The van der Waals surface area contributed by atoms with Crippen molar-refractivity contribution in [2.75, 3.05) is 0 Å². The third kappa shape index (κ3) is 2.89. The molecule has 0 saturated heterocycles. The number of hydrogen-bond acceptors (Lipinski definition) is 0. The predicted octanol–water partition coefficient (Wildman–Crippen LogP) is 3.20. The second-order valence-corrected chi connectivity index (χ2v) is 5.95. The first-order valence-corrected chi connectivity index (χ1v) is 7.47. The SMILES string of the molecule is C[B-](c1ccc(F)cc1)(c1ccc(F)cc1)c1ccc(F)cc1. The summed E-state index contributed by atoms with van der Waals surface area (Å²) in [5.74, 6) is -0.944. The normalized spacial score (nSPS) is 11.5. The fraction of sp³-hybridized carbons (Fsp3) is 0.0526. The van der Waals surface area contributed by atoms with Crippen LogP contribution in [0.15, 0.2) is 72.8 Å². The van der Waals surface area contributed by atoms with E-state index in [1.54, 1.807) is 36.4 Å². The van der Waals surface area contributed by atoms with Crippen LogP contribution in [0.1, 0.15) is 0 Å². The van der Waals surface area contributed by atoms with Gasteiger partial charge in [-0.2, -0.15) is 23.2 Å². The summed E-state index contributed by atoms with van der Waals surface area (Å²) in [7, 11) is 0. The lowest BCUT2D eigenvalue weighted by Gasteiger charge is -2.39. The summed E-state index contributed by atoms with van der Waals surface area (Å²) in [6, 6.07) is 18.8. The standard InChI is InChI=1S/C19H15BF3/c1-20(14-2-8-17(21)9-3-14,15-4-10-18(22)11-5-15)16-6-12-19(23)13-7-16/h2-13H,1H3/q-1. The van der Waals surface area contributed by atoms with Gasteiger partial charge < -0.3 is 0 Å². The lowest BCUT2D eigenvalue weighted by atomic mass is 9.17. The zero-order valence-corrected chi connectivity index (χ0v) is 12.6. The molecule has 0 bridgehead atoms. The molecule has 0 N–H and O–H groups in total. The van der Waals surface area contributed by atoms with Crippen molar-refractivity contribution in [1.82, 2.24) is 0 Å². The highest BCUT2D eigenvalue weighted by molar-refractivity contribution is 7.10. The van der Waals surface area contributed by atoms with Crippen LogP contribution in [0.2, 0.25) is 6.82 Å². The van der Waals surface area contributed by atoms with E-state index in [1.165, 1.54) is 36.4 Å². The van der Waals surface area contributed by atoms with E-state index in [4.69, 9.17) is 0 Å². The Morgan fingerprint density at radius 1 is 0.478 bits per heavy atom. The second-order valence-electron chi connectivity index (χ2n) is 5.95. The van der Waals surface area contributed by atoms with E-state index in [-0.39, 0.29) is 17.5 Å². The molecule has 0 aromatic heterocycles. The van der Waals surface area contributed by atoms with Gasteiger partial charge in [-0.1, -0.05) is 36.4 Å². The van der Waals surface area contributed by atoms with Crippen LogP contribution in [0.3, 0.4) is 0 Å². The number of hydrogen-bond donors (Lipinski definition) is 0. The van der Waals surface area contributed by atoms with Crippen molar-refractivity contribution in [2.45, 2.75) is 6.82 Å². The maximum absolute atomic E-state index is 13.3. The van der Waals surface area contributed by atoms with Gasteiger partial charge in [0.2, 0.25) is 0 Å². The Bertz CT molecular complexity index is 683. The van der Waals surface area contributed by atoms with E-state index < -0.39 is 6.15 Å². The lowest BCUT2D eigenvalue weighted by Crippen LogP contribution is -2.64. The molecule has 0 unspecified atom stereocenters. The van der Waals surface area contributed by atoms with Crippen molar-refractivity contribution in [3.05, 3.63) is 90.2 Å². The summed E-state index contributed by atoms with van der Waals surface area (Å²) in [5, 5.41) is 0. The van der Waals surface area contributed by atoms with E-state index >= 15 is 0 Å². The fourth-order valence-corrected chi connectivity index (χ4v) is 3.12. The summed E-state index contributed by atoms with van der Waals surface area (Å²) >= 11 is 0. The third-order valence-electron chi connectivity index (χ3n) is 4.61. The Balaban J connectivity index is 2.21. The van der Waals surface area contributed by atoms with Gasteiger partial charge >= 0.3 is 0 Å². The molecule has 0 heterocycles. The molecule has 0 aliphatic carbocycles. The summed E-state index contributed by atoms with van der Waals surface area (Å²) in [6.45, 7) is 2.02. The van der Waals surface area contributed by atoms with Crippen LogP contribution < -0.4 is 16.4 Å². The first-order valence-electron chi connectivity index (χ1n) is 7.47. The molecule has 0 aliphatic rings. The molecule has 0 radical (unpaired) electrons. The molecule has 0 amide bonds. The molecule has 0 aliphatic heterocycles. The van der Waals surface area contributed by atoms with E-state index in [9.17, 15) is 13.2 Å². The van der Waals surface area contributed by atoms with Crippen molar-refractivity contribution in [3.63, 3.8) is 0 Å². The first-order chi connectivity index (χ1) is 11.0. The predicted molar refractivity (Wildman–Crippen MR) is 89.7 cm³/mol. The Labute approximate surface area is 133 Å². The molecule has 23 heavy (non-hydrogen) atoms. The van der Waals surface area contributed by atoms with Crippen molar-refractivity contribution in [3.8, 4) is 0 Å². The van der Waals surface area contributed by atoms with Gasteiger partial charge in [0.15, 0.2) is 0 Å². The number of benzene rings is 3. The highest BCUT2D eigenvalue weighted by Crippen LogP contribution is 2.09. The molecule has 0 atom stereocenters. The highest BCUT2D eigenvalue weighted by atomic mass is 19.1. The quantitative estimate of drug-likeness (QED) is 0.652. The Morgan fingerprint density at radius 3 is 0.913 bits per heavy atom. The number of rotatable bonds is 3. The van der Waals surface area contributed by atoms with Crippen LogP contribution in [-0.2, 0) is 0 Å². The van der Waals surface area contributed by atoms with E-state index in [2.05, 4.69) is 0 Å². The monoisotopic (exact) mass is 311 g/mol. The zero-order chi connectivity index (χ0) is 16.4. The molecule has 0 nitrogen and oxygen atoms in total. The second kappa shape index (κ2) is 5.96. The minimum Gasteiger partial charge on any atom is -0.207 e. The van der Waals surface area contributed by atoms with Crippen molar-refractivity contribution < 1.29 is 13.2 Å². The third-order valence-corrected chi connectivity index (χ3v) is 4.61. The fourth-order valence-electron chi connectivity index (χ4n) is 3.12. The molecular weight excluding hydrogens is 296 g/mol. The van der Waals surface area contributed by atoms with Crippen LogP contribution >= 0.6 is 0 Å². The van der Waals surface area contributed by atoms with Gasteiger partial charge in [-0.15, -0.1) is 0 Å². The summed E-state index contributed by atoms with van der Waals surface area (Å²) in [6.07, 6.45) is -1.46. The Morgan fingerprint density at radius 2 is 0.696 bits per heavy atom. The minimum absolute atomic E-state index is 0.315. The van der Waals surface area contributed by atoms with Gasteiger partial charge in [0.25, 0.3) is 0 Å². The molecule has 3 aromatic carbocycles. The van der Waals surface area contributed by atoms with Gasteiger partial charge in [0, 0.05) is 0 Å². The van der Waals surface area contributed by atoms with Gasteiger partial charge in [-0.25, -0.2) is 13.2 Å². The van der Waals surface area contributed by atoms with Crippen molar-refractivity contribution >= 4 is 22.5 Å². The number of halogens is 3. The summed E-state index contributed by atoms with van der Waals surface area (Å²) < 4.78 is 39.9. The average molecular weight is 311 g/mol. The van der Waals surface area contributed by atoms with Crippen LogP contribution in [0, 0.1) is 17.5 Å². The van der Waals surface area contributed by atoms with Gasteiger partial charge in [0.05, 0.1) is 6.15 Å². The van der Waals surface area contributed by atoms with Gasteiger partial charge in [-0.05, 0) is 36.4 Å². The lowest BCUT2D eigenvalue weighted by molar-refractivity contribution is 0.628. The molecule has 3 aromatic rings. The largest absolute Gasteiger partial charge is 0.207 e. The van der Waals surface area contributed by atoms with Crippen LogP contribution in [-0.4, -0.2) is 6.15 Å². The maximum Gasteiger partial charge on any atom is 0.122 e. The van der Waals surface area contributed by atoms with Gasteiger partial charge in [0.1, 0.15) is 17.5 Å². The Hall–Kier alpha value is -2.49. The van der Waals surface area contributed by atoms with E-state index in [1.807, 2.05) is 6.82 Å². The molecule has 4 heteroatoms.